The highest BCUT2D eigenvalue weighted by molar-refractivity contribution is 5.81. The highest BCUT2D eigenvalue weighted by Gasteiger charge is 2.21. The van der Waals surface area contributed by atoms with Gasteiger partial charge in [0.05, 0.1) is 24.4 Å². The lowest BCUT2D eigenvalue weighted by Crippen LogP contribution is -2.48. The molecule has 0 aliphatic carbocycles. The molecule has 1 amide bonds. The van der Waals surface area contributed by atoms with Gasteiger partial charge in [-0.1, -0.05) is 26.0 Å². The predicted molar refractivity (Wildman–Crippen MR) is 100 cm³/mol. The number of carbonyl (C=O) groups excluding carboxylic acids is 1. The van der Waals surface area contributed by atoms with Crippen LogP contribution in [0.3, 0.4) is 0 Å². The van der Waals surface area contributed by atoms with Gasteiger partial charge in [0.15, 0.2) is 0 Å². The molecule has 2 aromatic rings. The van der Waals surface area contributed by atoms with Crippen LogP contribution in [0, 0.1) is 5.92 Å². The summed E-state index contributed by atoms with van der Waals surface area (Å²) in [5, 5.41) is 7.58. The van der Waals surface area contributed by atoms with E-state index in [0.29, 0.717) is 30.0 Å². The Hall–Kier alpha value is -2.25. The van der Waals surface area contributed by atoms with Gasteiger partial charge >= 0.3 is 0 Å². The van der Waals surface area contributed by atoms with Crippen LogP contribution < -0.4 is 10.7 Å². The molecule has 1 aliphatic heterocycles. The Morgan fingerprint density at radius 1 is 1.38 bits per heavy atom. The van der Waals surface area contributed by atoms with E-state index in [4.69, 9.17) is 4.74 Å². The maximum absolute atomic E-state index is 12.3. The Labute approximate surface area is 152 Å². The zero-order valence-corrected chi connectivity index (χ0v) is 15.4. The van der Waals surface area contributed by atoms with Crippen LogP contribution in [0.5, 0.6) is 0 Å². The molecule has 7 heteroatoms. The van der Waals surface area contributed by atoms with Crippen molar-refractivity contribution in [1.82, 2.24) is 20.0 Å². The number of aromatic nitrogens is 2. The van der Waals surface area contributed by atoms with E-state index in [1.807, 2.05) is 6.07 Å². The maximum atomic E-state index is 12.3. The number of para-hydroxylation sites is 1. The van der Waals surface area contributed by atoms with E-state index >= 15 is 0 Å². The summed E-state index contributed by atoms with van der Waals surface area (Å²) < 4.78 is 7.31. The highest BCUT2D eigenvalue weighted by Crippen LogP contribution is 2.09. The van der Waals surface area contributed by atoms with E-state index in [1.165, 1.54) is 6.20 Å². The maximum Gasteiger partial charge on any atom is 0.241 e. The van der Waals surface area contributed by atoms with E-state index in [-0.39, 0.29) is 24.0 Å². The third-order valence-electron chi connectivity index (χ3n) is 4.43. The van der Waals surface area contributed by atoms with Crippen LogP contribution in [0.15, 0.2) is 35.3 Å². The molecule has 1 saturated heterocycles. The van der Waals surface area contributed by atoms with Gasteiger partial charge in [-0.2, -0.15) is 5.10 Å². The highest BCUT2D eigenvalue weighted by atomic mass is 16.5. The van der Waals surface area contributed by atoms with Crippen molar-refractivity contribution in [3.63, 3.8) is 0 Å². The summed E-state index contributed by atoms with van der Waals surface area (Å²) >= 11 is 0. The number of ether oxygens (including phenoxy) is 1. The van der Waals surface area contributed by atoms with Crippen molar-refractivity contribution < 1.29 is 9.53 Å². The molecule has 1 unspecified atom stereocenters. The summed E-state index contributed by atoms with van der Waals surface area (Å²) in [6, 6.07) is 7.17. The van der Waals surface area contributed by atoms with Crippen molar-refractivity contribution >= 4 is 16.8 Å². The molecule has 7 nitrogen and oxygen atoms in total. The molecule has 1 N–H and O–H groups in total. The van der Waals surface area contributed by atoms with Gasteiger partial charge in [0, 0.05) is 31.6 Å². The number of hydrogen-bond donors (Lipinski definition) is 1. The molecule has 0 saturated carbocycles. The smallest absolute Gasteiger partial charge is 0.241 e. The molecule has 0 bridgehead atoms. The van der Waals surface area contributed by atoms with Gasteiger partial charge < -0.3 is 10.1 Å². The number of nitrogens with zero attached hydrogens (tertiary/aromatic N) is 3. The minimum absolute atomic E-state index is 0.00479. The monoisotopic (exact) mass is 358 g/mol. The van der Waals surface area contributed by atoms with E-state index in [0.717, 1.165) is 19.6 Å². The Kier molecular flexibility index (Phi) is 6.00. The lowest BCUT2D eigenvalue weighted by Gasteiger charge is -2.33. The number of rotatable bonds is 6. The zero-order valence-electron chi connectivity index (χ0n) is 15.4. The lowest BCUT2D eigenvalue weighted by atomic mass is 10.2. The van der Waals surface area contributed by atoms with Gasteiger partial charge in [-0.05, 0) is 18.1 Å². The van der Waals surface area contributed by atoms with E-state index in [1.54, 1.807) is 22.9 Å². The Morgan fingerprint density at radius 3 is 3.00 bits per heavy atom. The number of carbonyl (C=O) groups is 1. The normalized spacial score (nSPS) is 18.3. The number of amides is 1. The summed E-state index contributed by atoms with van der Waals surface area (Å²) in [5.41, 5.74) is 0.519. The molecule has 1 aliphatic rings. The summed E-state index contributed by atoms with van der Waals surface area (Å²) in [6.07, 6.45) is 1.26. The molecule has 140 valence electrons. The quantitative estimate of drug-likeness (QED) is 0.829. The first-order valence-electron chi connectivity index (χ1n) is 9.08. The fraction of sp³-hybridized carbons (Fsp3) is 0.526. The topological polar surface area (TPSA) is 76.5 Å². The first-order valence-corrected chi connectivity index (χ1v) is 9.08. The zero-order chi connectivity index (χ0) is 18.5. The first kappa shape index (κ1) is 18.5. The van der Waals surface area contributed by atoms with Crippen molar-refractivity contribution in [2.45, 2.75) is 26.5 Å². The SMILES string of the molecule is CC(C)CN1CCOC(CNC(=O)Cn2ncc(=O)c3ccccc32)C1. The Bertz CT molecular complexity index is 818. The van der Waals surface area contributed by atoms with E-state index < -0.39 is 0 Å². The van der Waals surface area contributed by atoms with Crippen LogP contribution >= 0.6 is 0 Å². The van der Waals surface area contributed by atoms with E-state index in [2.05, 4.69) is 29.2 Å². The van der Waals surface area contributed by atoms with Crippen LogP contribution in [0.1, 0.15) is 13.8 Å². The number of nitrogens with one attached hydrogen (secondary N) is 1. The molecule has 1 fully saturated rings. The third kappa shape index (κ3) is 4.68. The standard InChI is InChI=1S/C19H26N4O3/c1-14(2)11-22-7-8-26-15(12-22)9-20-19(25)13-23-17-6-4-3-5-16(17)18(24)10-21-23/h3-6,10,14-15H,7-9,11-13H2,1-2H3,(H,20,25). The number of fused-ring (bicyclic) bond motifs is 1. The summed E-state index contributed by atoms with van der Waals surface area (Å²) in [4.78, 5) is 26.6. The number of benzene rings is 1. The summed E-state index contributed by atoms with van der Waals surface area (Å²) in [6.45, 7) is 8.46. The van der Waals surface area contributed by atoms with Crippen LogP contribution in [0.25, 0.3) is 10.9 Å². The van der Waals surface area contributed by atoms with E-state index in [9.17, 15) is 9.59 Å². The van der Waals surface area contributed by atoms with Crippen molar-refractivity contribution in [3.8, 4) is 0 Å². The fourth-order valence-corrected chi connectivity index (χ4v) is 3.29. The van der Waals surface area contributed by atoms with Gasteiger partial charge in [0.2, 0.25) is 11.3 Å². The second-order valence-corrected chi connectivity index (χ2v) is 7.13. The second kappa shape index (κ2) is 8.42. The van der Waals surface area contributed by atoms with Crippen molar-refractivity contribution in [1.29, 1.82) is 0 Å². The lowest BCUT2D eigenvalue weighted by molar-refractivity contribution is -0.123. The predicted octanol–water partition coefficient (Wildman–Crippen LogP) is 0.870. The second-order valence-electron chi connectivity index (χ2n) is 7.13. The van der Waals surface area contributed by atoms with Gasteiger partial charge in [-0.3, -0.25) is 19.2 Å². The molecule has 1 aromatic carbocycles. The Morgan fingerprint density at radius 2 is 2.19 bits per heavy atom. The molecule has 1 aromatic heterocycles. The summed E-state index contributed by atoms with van der Waals surface area (Å²) in [5.74, 6) is 0.471. The largest absolute Gasteiger partial charge is 0.374 e. The third-order valence-corrected chi connectivity index (χ3v) is 4.43. The molecule has 1 atom stereocenters. The van der Waals surface area contributed by atoms with Gasteiger partial charge in [0.25, 0.3) is 0 Å². The molecular weight excluding hydrogens is 332 g/mol. The number of morpholine rings is 1. The van der Waals surface area contributed by atoms with Crippen molar-refractivity contribution in [2.24, 2.45) is 5.92 Å². The molecular formula is C19H26N4O3. The molecule has 0 spiro atoms. The summed E-state index contributed by atoms with van der Waals surface area (Å²) in [7, 11) is 0. The average molecular weight is 358 g/mol. The van der Waals surface area contributed by atoms with Crippen LogP contribution in [-0.2, 0) is 16.1 Å². The Balaban J connectivity index is 1.57. The number of hydrogen-bond acceptors (Lipinski definition) is 5. The minimum atomic E-state index is -0.143. The van der Waals surface area contributed by atoms with Crippen LogP contribution in [-0.4, -0.2) is 59.5 Å². The molecule has 3 rings (SSSR count). The molecule has 2 heterocycles. The van der Waals surface area contributed by atoms with Crippen LogP contribution in [0.4, 0.5) is 0 Å². The fourth-order valence-electron chi connectivity index (χ4n) is 3.29. The van der Waals surface area contributed by atoms with Gasteiger partial charge in [-0.25, -0.2) is 0 Å². The first-order chi connectivity index (χ1) is 12.5. The minimum Gasteiger partial charge on any atom is -0.374 e. The molecule has 0 radical (unpaired) electrons. The van der Waals surface area contributed by atoms with Crippen LogP contribution in [0.2, 0.25) is 0 Å². The van der Waals surface area contributed by atoms with Gasteiger partial charge in [0.1, 0.15) is 6.54 Å². The van der Waals surface area contributed by atoms with Crippen molar-refractivity contribution in [2.75, 3.05) is 32.8 Å². The molecule has 26 heavy (non-hydrogen) atoms. The van der Waals surface area contributed by atoms with Crippen molar-refractivity contribution in [3.05, 3.63) is 40.7 Å². The van der Waals surface area contributed by atoms with Gasteiger partial charge in [-0.15, -0.1) is 0 Å². The average Bonchev–Trinajstić information content (AvgIpc) is 2.62.